The molecular weight excluding hydrogens is 232 g/mol. The third-order valence-corrected chi connectivity index (χ3v) is 3.62. The lowest BCUT2D eigenvalue weighted by molar-refractivity contribution is -0.140. The number of nitrogens with one attached hydrogen (secondary N) is 2. The van der Waals surface area contributed by atoms with Crippen LogP contribution < -0.4 is 10.6 Å². The molecule has 0 aromatic heterocycles. The first-order chi connectivity index (χ1) is 8.65. The quantitative estimate of drug-likeness (QED) is 0.637. The minimum absolute atomic E-state index is 0.0318. The average molecular weight is 252 g/mol. The third-order valence-electron chi connectivity index (χ3n) is 3.62. The predicted octanol–water partition coefficient (Wildman–Crippen LogP) is 0.522. The first-order valence-corrected chi connectivity index (χ1v) is 6.56. The Labute approximate surface area is 107 Å². The van der Waals surface area contributed by atoms with Crippen LogP contribution in [0.1, 0.15) is 25.7 Å². The Morgan fingerprint density at radius 1 is 1.39 bits per heavy atom. The summed E-state index contributed by atoms with van der Waals surface area (Å²) in [6.07, 6.45) is 6.69. The molecule has 2 aliphatic rings. The maximum atomic E-state index is 11.8. The number of hydrogen-bond acceptors (Lipinski definition) is 3. The largest absolute Gasteiger partial charge is 0.481 e. The Balaban J connectivity index is 1.72. The van der Waals surface area contributed by atoms with E-state index in [0.717, 1.165) is 25.9 Å². The Hall–Kier alpha value is -1.36. The summed E-state index contributed by atoms with van der Waals surface area (Å²) in [6, 6.07) is -0.116. The molecule has 3 unspecified atom stereocenters. The van der Waals surface area contributed by atoms with Gasteiger partial charge in [-0.1, -0.05) is 12.2 Å². The highest BCUT2D eigenvalue weighted by molar-refractivity contribution is 5.78. The number of carbonyl (C=O) groups excluding carboxylic acids is 1. The molecule has 1 amide bonds. The maximum absolute atomic E-state index is 11.8. The van der Waals surface area contributed by atoms with Crippen LogP contribution in [0, 0.1) is 11.8 Å². The van der Waals surface area contributed by atoms with E-state index in [0.29, 0.717) is 18.8 Å². The van der Waals surface area contributed by atoms with Gasteiger partial charge in [0.15, 0.2) is 0 Å². The first kappa shape index (κ1) is 13.1. The van der Waals surface area contributed by atoms with E-state index >= 15 is 0 Å². The van der Waals surface area contributed by atoms with E-state index in [1.165, 1.54) is 0 Å². The van der Waals surface area contributed by atoms with Crippen molar-refractivity contribution in [2.24, 2.45) is 11.8 Å². The van der Waals surface area contributed by atoms with Gasteiger partial charge in [0, 0.05) is 12.5 Å². The van der Waals surface area contributed by atoms with Crippen molar-refractivity contribution < 1.29 is 14.7 Å². The zero-order valence-electron chi connectivity index (χ0n) is 10.4. The zero-order chi connectivity index (χ0) is 13.0. The van der Waals surface area contributed by atoms with Crippen LogP contribution in [-0.2, 0) is 9.59 Å². The van der Waals surface area contributed by atoms with Crippen molar-refractivity contribution in [1.82, 2.24) is 10.6 Å². The summed E-state index contributed by atoms with van der Waals surface area (Å²) < 4.78 is 0. The lowest BCUT2D eigenvalue weighted by atomic mass is 9.96. The zero-order valence-corrected chi connectivity index (χ0v) is 10.4. The minimum atomic E-state index is -0.820. The SMILES string of the molecule is O=C(CC1CCCNC1)NC1C=CC(C(=O)O)C1. The van der Waals surface area contributed by atoms with E-state index in [2.05, 4.69) is 10.6 Å². The van der Waals surface area contributed by atoms with Gasteiger partial charge < -0.3 is 15.7 Å². The molecule has 1 aliphatic heterocycles. The fourth-order valence-corrected chi connectivity index (χ4v) is 2.62. The molecule has 3 atom stereocenters. The number of piperidine rings is 1. The minimum Gasteiger partial charge on any atom is -0.481 e. The monoisotopic (exact) mass is 252 g/mol. The normalized spacial score (nSPS) is 31.2. The van der Waals surface area contributed by atoms with Crippen molar-refractivity contribution in [2.75, 3.05) is 13.1 Å². The molecular formula is C13H20N2O3. The lowest BCUT2D eigenvalue weighted by Gasteiger charge is -2.22. The summed E-state index contributed by atoms with van der Waals surface area (Å²) in [5, 5.41) is 15.0. The van der Waals surface area contributed by atoms with E-state index in [9.17, 15) is 9.59 Å². The number of rotatable bonds is 4. The van der Waals surface area contributed by atoms with E-state index < -0.39 is 11.9 Å². The summed E-state index contributed by atoms with van der Waals surface area (Å²) in [5.41, 5.74) is 0. The molecule has 0 spiro atoms. The number of hydrogen-bond donors (Lipinski definition) is 3. The van der Waals surface area contributed by atoms with Gasteiger partial charge >= 0.3 is 5.97 Å². The van der Waals surface area contributed by atoms with Gasteiger partial charge in [0.2, 0.25) is 5.91 Å². The van der Waals surface area contributed by atoms with Crippen LogP contribution in [0.3, 0.4) is 0 Å². The number of carboxylic acids is 1. The smallest absolute Gasteiger partial charge is 0.310 e. The molecule has 0 aromatic carbocycles. The van der Waals surface area contributed by atoms with Crippen molar-refractivity contribution in [3.8, 4) is 0 Å². The van der Waals surface area contributed by atoms with Crippen molar-refractivity contribution in [2.45, 2.75) is 31.7 Å². The molecule has 0 radical (unpaired) electrons. The molecule has 3 N–H and O–H groups in total. The van der Waals surface area contributed by atoms with E-state index in [4.69, 9.17) is 5.11 Å². The molecule has 1 fully saturated rings. The second-order valence-corrected chi connectivity index (χ2v) is 5.16. The molecule has 0 bridgehead atoms. The molecule has 100 valence electrons. The Morgan fingerprint density at radius 3 is 2.83 bits per heavy atom. The van der Waals surface area contributed by atoms with Crippen LogP contribution in [0.5, 0.6) is 0 Å². The highest BCUT2D eigenvalue weighted by Gasteiger charge is 2.26. The highest BCUT2D eigenvalue weighted by atomic mass is 16.4. The fourth-order valence-electron chi connectivity index (χ4n) is 2.62. The standard InChI is InChI=1S/C13H20N2O3/c16-12(6-9-2-1-5-14-8-9)15-11-4-3-10(7-11)13(17)18/h3-4,9-11,14H,1-2,5-8H2,(H,15,16)(H,17,18). The van der Waals surface area contributed by atoms with Gasteiger partial charge in [-0.2, -0.15) is 0 Å². The summed E-state index contributed by atoms with van der Waals surface area (Å²) in [7, 11) is 0. The van der Waals surface area contributed by atoms with Crippen molar-refractivity contribution in [1.29, 1.82) is 0 Å². The summed E-state index contributed by atoms with van der Waals surface area (Å²) in [4.78, 5) is 22.6. The second-order valence-electron chi connectivity index (χ2n) is 5.16. The van der Waals surface area contributed by atoms with E-state index in [1.807, 2.05) is 0 Å². The topological polar surface area (TPSA) is 78.4 Å². The van der Waals surface area contributed by atoms with Crippen LogP contribution in [0.25, 0.3) is 0 Å². The van der Waals surface area contributed by atoms with Gasteiger partial charge in [0.05, 0.1) is 5.92 Å². The third kappa shape index (κ3) is 3.57. The van der Waals surface area contributed by atoms with Crippen molar-refractivity contribution in [3.05, 3.63) is 12.2 Å². The van der Waals surface area contributed by atoms with Crippen molar-refractivity contribution in [3.63, 3.8) is 0 Å². The van der Waals surface area contributed by atoms with Gasteiger partial charge in [0.1, 0.15) is 0 Å². The van der Waals surface area contributed by atoms with Gasteiger partial charge in [-0.3, -0.25) is 9.59 Å². The Morgan fingerprint density at radius 2 is 2.22 bits per heavy atom. The van der Waals surface area contributed by atoms with E-state index in [-0.39, 0.29) is 11.9 Å². The molecule has 18 heavy (non-hydrogen) atoms. The van der Waals surface area contributed by atoms with E-state index in [1.54, 1.807) is 12.2 Å². The van der Waals surface area contributed by atoms with Gasteiger partial charge in [-0.25, -0.2) is 0 Å². The van der Waals surface area contributed by atoms with Gasteiger partial charge in [-0.15, -0.1) is 0 Å². The Bertz CT molecular complexity index is 348. The van der Waals surface area contributed by atoms with Crippen LogP contribution in [0.15, 0.2) is 12.2 Å². The molecule has 2 rings (SSSR count). The van der Waals surface area contributed by atoms with Crippen LogP contribution >= 0.6 is 0 Å². The number of amides is 1. The predicted molar refractivity (Wildman–Crippen MR) is 67.0 cm³/mol. The average Bonchev–Trinajstić information content (AvgIpc) is 2.78. The lowest BCUT2D eigenvalue weighted by Crippen LogP contribution is -2.37. The molecule has 0 aromatic rings. The first-order valence-electron chi connectivity index (χ1n) is 6.56. The molecule has 1 heterocycles. The molecule has 1 aliphatic carbocycles. The number of carboxylic acid groups (broad SMARTS) is 1. The molecule has 0 saturated carbocycles. The second kappa shape index (κ2) is 6.00. The molecule has 1 saturated heterocycles. The van der Waals surface area contributed by atoms with Crippen molar-refractivity contribution >= 4 is 11.9 Å². The fraction of sp³-hybridized carbons (Fsp3) is 0.692. The highest BCUT2D eigenvalue weighted by Crippen LogP contribution is 2.19. The molecule has 5 heteroatoms. The van der Waals surface area contributed by atoms with Crippen LogP contribution in [0.4, 0.5) is 0 Å². The van der Waals surface area contributed by atoms with Gasteiger partial charge in [0.25, 0.3) is 0 Å². The number of aliphatic carboxylic acids is 1. The summed E-state index contributed by atoms with van der Waals surface area (Å²) >= 11 is 0. The summed E-state index contributed by atoms with van der Waals surface area (Å²) in [6.45, 7) is 1.95. The number of carbonyl (C=O) groups is 2. The van der Waals surface area contributed by atoms with Crippen LogP contribution in [0.2, 0.25) is 0 Å². The Kier molecular flexibility index (Phi) is 4.36. The van der Waals surface area contributed by atoms with Gasteiger partial charge in [-0.05, 0) is 38.3 Å². The summed E-state index contributed by atoms with van der Waals surface area (Å²) in [5.74, 6) is -0.824. The molecule has 5 nitrogen and oxygen atoms in total. The van der Waals surface area contributed by atoms with Crippen LogP contribution in [-0.4, -0.2) is 36.1 Å². The maximum Gasteiger partial charge on any atom is 0.310 e.